The van der Waals surface area contributed by atoms with E-state index in [4.69, 9.17) is 0 Å². The molecular weight excluding hydrogens is 224 g/mol. The summed E-state index contributed by atoms with van der Waals surface area (Å²) in [5.74, 6) is 0.180. The highest BCUT2D eigenvalue weighted by Gasteiger charge is 2.25. The van der Waals surface area contributed by atoms with E-state index in [9.17, 15) is 4.79 Å². The van der Waals surface area contributed by atoms with Gasteiger partial charge in [0.15, 0.2) is 0 Å². The zero-order chi connectivity index (χ0) is 13.0. The number of hydrogen-bond acceptors (Lipinski definition) is 2. The molecule has 1 atom stereocenters. The van der Waals surface area contributed by atoms with E-state index >= 15 is 0 Å². The first kappa shape index (κ1) is 13.1. The van der Waals surface area contributed by atoms with Crippen molar-refractivity contribution in [3.05, 3.63) is 35.9 Å². The van der Waals surface area contributed by atoms with Crippen molar-refractivity contribution in [2.45, 2.75) is 31.7 Å². The zero-order valence-corrected chi connectivity index (χ0v) is 11.2. The number of piperidine rings is 1. The lowest BCUT2D eigenvalue weighted by atomic mass is 9.97. The van der Waals surface area contributed by atoms with E-state index in [1.54, 1.807) is 0 Å². The van der Waals surface area contributed by atoms with Crippen molar-refractivity contribution in [2.75, 3.05) is 20.1 Å². The monoisotopic (exact) mass is 246 g/mol. The molecule has 1 amide bonds. The summed E-state index contributed by atoms with van der Waals surface area (Å²) in [6, 6.07) is 10.4. The summed E-state index contributed by atoms with van der Waals surface area (Å²) in [6.07, 6.45) is 2.12. The number of likely N-dealkylation sites (N-methyl/N-ethyl adjacent to an activating group) is 1. The van der Waals surface area contributed by atoms with Gasteiger partial charge in [-0.3, -0.25) is 4.79 Å². The maximum absolute atomic E-state index is 12.4. The Morgan fingerprint density at radius 2 is 1.89 bits per heavy atom. The van der Waals surface area contributed by atoms with Gasteiger partial charge in [0.2, 0.25) is 5.91 Å². The summed E-state index contributed by atoms with van der Waals surface area (Å²) in [5.41, 5.74) is 1.10. The Morgan fingerprint density at radius 3 is 2.50 bits per heavy atom. The topological polar surface area (TPSA) is 32.3 Å². The lowest BCUT2D eigenvalue weighted by molar-refractivity contribution is -0.133. The second-order valence-corrected chi connectivity index (χ2v) is 5.06. The maximum atomic E-state index is 12.4. The van der Waals surface area contributed by atoms with Crippen LogP contribution in [0.25, 0.3) is 0 Å². The van der Waals surface area contributed by atoms with Crippen LogP contribution >= 0.6 is 0 Å². The Morgan fingerprint density at radius 1 is 1.28 bits per heavy atom. The number of benzene rings is 1. The third-order valence-electron chi connectivity index (χ3n) is 3.87. The standard InChI is InChI=1S/C15H22N2O/c1-12(13-6-4-3-5-7-13)15(18)17(2)14-8-10-16-11-9-14/h3-7,12,14,16H,8-11H2,1-2H3. The van der Waals surface area contributed by atoms with Gasteiger partial charge >= 0.3 is 0 Å². The van der Waals surface area contributed by atoms with Gasteiger partial charge in [0.05, 0.1) is 5.92 Å². The molecule has 2 rings (SSSR count). The van der Waals surface area contributed by atoms with Gasteiger partial charge in [-0.05, 0) is 38.4 Å². The molecular formula is C15H22N2O. The minimum absolute atomic E-state index is 0.0499. The molecule has 1 unspecified atom stereocenters. The van der Waals surface area contributed by atoms with Gasteiger partial charge in [-0.25, -0.2) is 0 Å². The average molecular weight is 246 g/mol. The summed E-state index contributed by atoms with van der Waals surface area (Å²) < 4.78 is 0. The van der Waals surface area contributed by atoms with Crippen LogP contribution in [-0.4, -0.2) is 37.0 Å². The number of nitrogens with zero attached hydrogens (tertiary/aromatic N) is 1. The fourth-order valence-corrected chi connectivity index (χ4v) is 2.56. The van der Waals surface area contributed by atoms with Crippen LogP contribution in [0.2, 0.25) is 0 Å². The number of carbonyl (C=O) groups excluding carboxylic acids is 1. The maximum Gasteiger partial charge on any atom is 0.229 e. The summed E-state index contributed by atoms with van der Waals surface area (Å²) in [7, 11) is 1.94. The van der Waals surface area contributed by atoms with Crippen LogP contribution in [0.4, 0.5) is 0 Å². The van der Waals surface area contributed by atoms with E-state index in [-0.39, 0.29) is 11.8 Å². The molecule has 3 heteroatoms. The van der Waals surface area contributed by atoms with Crippen molar-refractivity contribution < 1.29 is 4.79 Å². The molecule has 1 aromatic rings. The smallest absolute Gasteiger partial charge is 0.229 e. The molecule has 18 heavy (non-hydrogen) atoms. The number of rotatable bonds is 3. The second kappa shape index (κ2) is 6.01. The molecule has 1 aliphatic rings. The third kappa shape index (κ3) is 2.91. The Bertz CT molecular complexity index is 385. The molecule has 0 spiro atoms. The normalized spacial score (nSPS) is 18.3. The summed E-state index contributed by atoms with van der Waals surface area (Å²) in [6.45, 7) is 4.03. The molecule has 0 saturated carbocycles. The molecule has 1 aliphatic heterocycles. The highest BCUT2D eigenvalue weighted by Crippen LogP contribution is 2.20. The summed E-state index contributed by atoms with van der Waals surface area (Å²) >= 11 is 0. The molecule has 1 aromatic carbocycles. The van der Waals surface area contributed by atoms with Crippen molar-refractivity contribution in [3.63, 3.8) is 0 Å². The minimum atomic E-state index is -0.0499. The van der Waals surface area contributed by atoms with E-state index in [1.807, 2.05) is 49.2 Å². The fraction of sp³-hybridized carbons (Fsp3) is 0.533. The molecule has 0 aromatic heterocycles. The molecule has 98 valence electrons. The van der Waals surface area contributed by atoms with Crippen molar-refractivity contribution >= 4 is 5.91 Å². The summed E-state index contributed by atoms with van der Waals surface area (Å²) in [5, 5.41) is 3.33. The zero-order valence-electron chi connectivity index (χ0n) is 11.2. The predicted molar refractivity (Wildman–Crippen MR) is 73.5 cm³/mol. The number of carbonyl (C=O) groups is 1. The first-order valence-corrected chi connectivity index (χ1v) is 6.72. The Balaban J connectivity index is 2.01. The quantitative estimate of drug-likeness (QED) is 0.884. The SMILES string of the molecule is CC(C(=O)N(C)C1CCNCC1)c1ccccc1. The van der Waals surface area contributed by atoms with Crippen molar-refractivity contribution in [3.8, 4) is 0 Å². The average Bonchev–Trinajstić information content (AvgIpc) is 2.47. The molecule has 1 saturated heterocycles. The van der Waals surface area contributed by atoms with E-state index in [0.29, 0.717) is 6.04 Å². The molecule has 0 aliphatic carbocycles. The second-order valence-electron chi connectivity index (χ2n) is 5.06. The molecule has 1 N–H and O–H groups in total. The van der Waals surface area contributed by atoms with Crippen LogP contribution in [0.5, 0.6) is 0 Å². The van der Waals surface area contributed by atoms with Crippen LogP contribution in [-0.2, 0) is 4.79 Å². The minimum Gasteiger partial charge on any atom is -0.342 e. The molecule has 1 heterocycles. The largest absolute Gasteiger partial charge is 0.342 e. The van der Waals surface area contributed by atoms with Crippen LogP contribution in [0, 0.1) is 0 Å². The van der Waals surface area contributed by atoms with E-state index in [0.717, 1.165) is 31.5 Å². The van der Waals surface area contributed by atoms with Crippen LogP contribution in [0.1, 0.15) is 31.2 Å². The Hall–Kier alpha value is -1.35. The van der Waals surface area contributed by atoms with Crippen molar-refractivity contribution in [1.82, 2.24) is 10.2 Å². The molecule has 0 bridgehead atoms. The lowest BCUT2D eigenvalue weighted by Crippen LogP contribution is -2.45. The highest BCUT2D eigenvalue weighted by atomic mass is 16.2. The van der Waals surface area contributed by atoms with Crippen LogP contribution in [0.15, 0.2) is 30.3 Å². The fourth-order valence-electron chi connectivity index (χ4n) is 2.56. The lowest BCUT2D eigenvalue weighted by Gasteiger charge is -2.33. The number of amides is 1. The van der Waals surface area contributed by atoms with Gasteiger partial charge in [-0.15, -0.1) is 0 Å². The van der Waals surface area contributed by atoms with Gasteiger partial charge in [0.25, 0.3) is 0 Å². The van der Waals surface area contributed by atoms with Crippen molar-refractivity contribution in [1.29, 1.82) is 0 Å². The molecule has 0 radical (unpaired) electrons. The third-order valence-corrected chi connectivity index (χ3v) is 3.87. The van der Waals surface area contributed by atoms with E-state index < -0.39 is 0 Å². The molecule has 3 nitrogen and oxygen atoms in total. The predicted octanol–water partition coefficient (Wildman–Crippen LogP) is 2.00. The van der Waals surface area contributed by atoms with E-state index in [1.165, 1.54) is 0 Å². The number of nitrogens with one attached hydrogen (secondary N) is 1. The molecule has 1 fully saturated rings. The Kier molecular flexibility index (Phi) is 4.37. The van der Waals surface area contributed by atoms with E-state index in [2.05, 4.69) is 5.32 Å². The summed E-state index contributed by atoms with van der Waals surface area (Å²) in [4.78, 5) is 14.4. The van der Waals surface area contributed by atoms with Gasteiger partial charge in [0, 0.05) is 13.1 Å². The Labute approximate surface area is 109 Å². The number of hydrogen-bond donors (Lipinski definition) is 1. The van der Waals surface area contributed by atoms with Gasteiger partial charge in [-0.1, -0.05) is 30.3 Å². The van der Waals surface area contributed by atoms with Gasteiger partial charge < -0.3 is 10.2 Å². The van der Waals surface area contributed by atoms with Gasteiger partial charge in [0.1, 0.15) is 0 Å². The van der Waals surface area contributed by atoms with Crippen molar-refractivity contribution in [2.24, 2.45) is 0 Å². The van der Waals surface area contributed by atoms with Gasteiger partial charge in [-0.2, -0.15) is 0 Å². The van der Waals surface area contributed by atoms with Crippen LogP contribution in [0.3, 0.4) is 0 Å². The van der Waals surface area contributed by atoms with Crippen LogP contribution < -0.4 is 5.32 Å². The highest BCUT2D eigenvalue weighted by molar-refractivity contribution is 5.83. The first-order valence-electron chi connectivity index (χ1n) is 6.72. The first-order chi connectivity index (χ1) is 8.70.